The Kier molecular flexibility index (Phi) is 9.63. The number of carbonyl (C=O) groups is 3. The van der Waals surface area contributed by atoms with Gasteiger partial charge < -0.3 is 14.6 Å². The Morgan fingerprint density at radius 2 is 1.76 bits per heavy atom. The first-order valence-electron chi connectivity index (χ1n) is 13.2. The zero-order chi connectivity index (χ0) is 27.1. The number of likely N-dealkylation sites (tertiary alicyclic amines) is 1. The maximum absolute atomic E-state index is 11.9. The number of carbonyl (C=O) groups excluding carboxylic acids is 2. The Labute approximate surface area is 228 Å². The summed E-state index contributed by atoms with van der Waals surface area (Å²) < 4.78 is 11.4. The lowest BCUT2D eigenvalue weighted by Crippen LogP contribution is -2.34. The first-order valence-corrected chi connectivity index (χ1v) is 13.6. The molecule has 1 saturated carbocycles. The lowest BCUT2D eigenvalue weighted by atomic mass is 9.98. The number of carboxylic acids is 1. The van der Waals surface area contributed by atoms with E-state index in [0.717, 1.165) is 30.5 Å². The van der Waals surface area contributed by atoms with Gasteiger partial charge in [-0.05, 0) is 54.2 Å². The van der Waals surface area contributed by atoms with E-state index in [4.69, 9.17) is 21.1 Å². The lowest BCUT2D eigenvalue weighted by molar-refractivity contribution is -0.140. The van der Waals surface area contributed by atoms with Crippen LogP contribution in [0.15, 0.2) is 42.5 Å². The molecular formula is C29H35ClN2O6. The maximum Gasteiger partial charge on any atom is 0.305 e. The first-order chi connectivity index (χ1) is 18.3. The highest BCUT2D eigenvalue weighted by atomic mass is 35.5. The van der Waals surface area contributed by atoms with Crippen LogP contribution in [0.3, 0.4) is 0 Å². The number of ether oxygens (including phenoxy) is 2. The molecule has 9 heteroatoms. The number of aliphatic carboxylic acids is 1. The van der Waals surface area contributed by atoms with Gasteiger partial charge in [-0.1, -0.05) is 42.6 Å². The fraction of sp³-hybridized carbons (Fsp3) is 0.483. The zero-order valence-electron chi connectivity index (χ0n) is 21.7. The van der Waals surface area contributed by atoms with E-state index in [1.54, 1.807) is 19.2 Å². The molecule has 1 N–H and O–H groups in total. The number of amides is 2. The number of imide groups is 1. The number of hydrogen-bond donors (Lipinski definition) is 1. The standard InChI is InChI=1S/C29H35ClN2O6/c1-37-26-16-21(6-11-25(26)38-15-14-32-27(33)12-13-28(32)34)19-31(18-20-4-2-3-5-20)24(17-29(35)36)22-7-9-23(30)10-8-22/h6-11,16,20,24H,2-5,12-15,17-19H2,1H3,(H,35,36). The largest absolute Gasteiger partial charge is 0.493 e. The SMILES string of the molecule is COc1cc(CN(CC2CCCC2)C(CC(=O)O)c2ccc(Cl)cc2)ccc1OCCN1C(=O)CCC1=O. The van der Waals surface area contributed by atoms with Crippen LogP contribution in [0, 0.1) is 5.92 Å². The fourth-order valence-corrected chi connectivity index (χ4v) is 5.54. The molecule has 1 unspecified atom stereocenters. The molecule has 1 aliphatic carbocycles. The van der Waals surface area contributed by atoms with Crippen molar-refractivity contribution < 1.29 is 29.0 Å². The minimum absolute atomic E-state index is 0.0133. The second-order valence-electron chi connectivity index (χ2n) is 10.0. The molecule has 2 amide bonds. The Morgan fingerprint density at radius 3 is 2.39 bits per heavy atom. The molecule has 0 radical (unpaired) electrons. The van der Waals surface area contributed by atoms with Gasteiger partial charge in [0, 0.05) is 37.0 Å². The van der Waals surface area contributed by atoms with Crippen LogP contribution in [0.5, 0.6) is 11.5 Å². The van der Waals surface area contributed by atoms with Gasteiger partial charge >= 0.3 is 5.97 Å². The summed E-state index contributed by atoms with van der Waals surface area (Å²) in [5.41, 5.74) is 1.90. The first kappa shape index (κ1) is 27.9. The molecular weight excluding hydrogens is 508 g/mol. The van der Waals surface area contributed by atoms with Crippen LogP contribution in [0.1, 0.15) is 62.1 Å². The van der Waals surface area contributed by atoms with Gasteiger partial charge in [-0.3, -0.25) is 24.2 Å². The summed E-state index contributed by atoms with van der Waals surface area (Å²) in [6.45, 7) is 1.73. The number of rotatable bonds is 13. The Bertz CT molecular complexity index is 1120. The van der Waals surface area contributed by atoms with Gasteiger partial charge in [0.05, 0.1) is 20.1 Å². The third kappa shape index (κ3) is 7.26. The lowest BCUT2D eigenvalue weighted by Gasteiger charge is -2.33. The molecule has 2 aliphatic rings. The smallest absolute Gasteiger partial charge is 0.305 e. The van der Waals surface area contributed by atoms with Crippen LogP contribution in [0.4, 0.5) is 0 Å². The molecule has 4 rings (SSSR count). The Morgan fingerprint density at radius 1 is 1.08 bits per heavy atom. The van der Waals surface area contributed by atoms with E-state index in [1.807, 2.05) is 30.3 Å². The molecule has 2 fully saturated rings. The van der Waals surface area contributed by atoms with Gasteiger partial charge in [0.25, 0.3) is 0 Å². The van der Waals surface area contributed by atoms with Crippen LogP contribution in [-0.4, -0.2) is 59.5 Å². The van der Waals surface area contributed by atoms with Gasteiger partial charge in [-0.15, -0.1) is 0 Å². The summed E-state index contributed by atoms with van der Waals surface area (Å²) in [7, 11) is 1.57. The Hall–Kier alpha value is -3.10. The molecule has 0 bridgehead atoms. The van der Waals surface area contributed by atoms with Crippen molar-refractivity contribution in [3.8, 4) is 11.5 Å². The van der Waals surface area contributed by atoms with Crippen molar-refractivity contribution in [1.82, 2.24) is 9.80 Å². The van der Waals surface area contributed by atoms with Gasteiger partial charge in [-0.25, -0.2) is 0 Å². The van der Waals surface area contributed by atoms with Crippen LogP contribution in [-0.2, 0) is 20.9 Å². The number of halogens is 1. The minimum Gasteiger partial charge on any atom is -0.493 e. The third-order valence-corrected chi connectivity index (χ3v) is 7.62. The molecule has 1 aliphatic heterocycles. The highest BCUT2D eigenvalue weighted by Crippen LogP contribution is 2.34. The molecule has 2 aromatic rings. The third-order valence-electron chi connectivity index (χ3n) is 7.37. The van der Waals surface area contributed by atoms with E-state index in [2.05, 4.69) is 4.90 Å². The van der Waals surface area contributed by atoms with Gasteiger partial charge in [0.1, 0.15) is 6.61 Å². The molecule has 2 aromatic carbocycles. The number of methoxy groups -OCH3 is 1. The molecule has 204 valence electrons. The maximum atomic E-state index is 11.9. The quantitative estimate of drug-likeness (QED) is 0.352. The van der Waals surface area contributed by atoms with Crippen molar-refractivity contribution in [3.05, 3.63) is 58.6 Å². The molecule has 38 heavy (non-hydrogen) atoms. The second-order valence-corrected chi connectivity index (χ2v) is 10.5. The summed E-state index contributed by atoms with van der Waals surface area (Å²) >= 11 is 6.11. The van der Waals surface area contributed by atoms with Crippen molar-refractivity contribution in [2.24, 2.45) is 5.92 Å². The summed E-state index contributed by atoms with van der Waals surface area (Å²) in [4.78, 5) is 39.1. The minimum atomic E-state index is -0.849. The predicted molar refractivity (Wildman–Crippen MR) is 143 cm³/mol. The number of benzene rings is 2. The van der Waals surface area contributed by atoms with E-state index in [9.17, 15) is 19.5 Å². The second kappa shape index (κ2) is 13.1. The van der Waals surface area contributed by atoms with Crippen LogP contribution >= 0.6 is 11.6 Å². The molecule has 1 heterocycles. The molecule has 1 saturated heterocycles. The van der Waals surface area contributed by atoms with Gasteiger partial charge in [-0.2, -0.15) is 0 Å². The van der Waals surface area contributed by atoms with Crippen LogP contribution in [0.25, 0.3) is 0 Å². The summed E-state index contributed by atoms with van der Waals surface area (Å²) in [6, 6.07) is 12.8. The number of hydrogen-bond acceptors (Lipinski definition) is 6. The topological polar surface area (TPSA) is 96.4 Å². The van der Waals surface area contributed by atoms with Crippen molar-refractivity contribution in [2.45, 2.75) is 57.5 Å². The molecule has 1 atom stereocenters. The van der Waals surface area contributed by atoms with Gasteiger partial charge in [0.2, 0.25) is 11.8 Å². The number of nitrogens with zero attached hydrogens (tertiary/aromatic N) is 2. The van der Waals surface area contributed by atoms with E-state index >= 15 is 0 Å². The summed E-state index contributed by atoms with van der Waals surface area (Å²) in [5, 5.41) is 10.4. The molecule has 0 aromatic heterocycles. The van der Waals surface area contributed by atoms with Crippen molar-refractivity contribution in [3.63, 3.8) is 0 Å². The summed E-state index contributed by atoms with van der Waals surface area (Å²) in [6.07, 6.45) is 5.21. The van der Waals surface area contributed by atoms with Crippen molar-refractivity contribution >= 4 is 29.4 Å². The molecule has 8 nitrogen and oxygen atoms in total. The van der Waals surface area contributed by atoms with Crippen LogP contribution < -0.4 is 9.47 Å². The summed E-state index contributed by atoms with van der Waals surface area (Å²) in [5.74, 6) is 0.414. The molecule has 0 spiro atoms. The normalized spacial score (nSPS) is 16.9. The average molecular weight is 543 g/mol. The Balaban J connectivity index is 1.51. The van der Waals surface area contributed by atoms with Crippen molar-refractivity contribution in [2.75, 3.05) is 26.8 Å². The average Bonchev–Trinajstić information content (AvgIpc) is 3.53. The van der Waals surface area contributed by atoms with Gasteiger partial charge in [0.15, 0.2) is 11.5 Å². The highest BCUT2D eigenvalue weighted by molar-refractivity contribution is 6.30. The van der Waals surface area contributed by atoms with E-state index in [0.29, 0.717) is 29.0 Å². The van der Waals surface area contributed by atoms with Crippen molar-refractivity contribution in [1.29, 1.82) is 0 Å². The zero-order valence-corrected chi connectivity index (χ0v) is 22.5. The van der Waals surface area contributed by atoms with E-state index in [-0.39, 0.29) is 50.3 Å². The predicted octanol–water partition coefficient (Wildman–Crippen LogP) is 5.08. The fourth-order valence-electron chi connectivity index (χ4n) is 5.42. The van der Waals surface area contributed by atoms with E-state index in [1.165, 1.54) is 17.7 Å². The van der Waals surface area contributed by atoms with Crippen LogP contribution in [0.2, 0.25) is 5.02 Å². The number of carboxylic acid groups (broad SMARTS) is 1. The van der Waals surface area contributed by atoms with E-state index < -0.39 is 5.97 Å². The monoisotopic (exact) mass is 542 g/mol. The highest BCUT2D eigenvalue weighted by Gasteiger charge is 2.29.